The molecule has 25 heavy (non-hydrogen) atoms. The minimum atomic E-state index is 0.256. The number of aryl methyl sites for hydroxylation is 1. The van der Waals surface area contributed by atoms with Crippen molar-refractivity contribution in [1.29, 1.82) is 0 Å². The third-order valence-electron chi connectivity index (χ3n) is 3.53. The van der Waals surface area contributed by atoms with Crippen LogP contribution in [-0.4, -0.2) is 11.3 Å². The lowest BCUT2D eigenvalue weighted by molar-refractivity contribution is 0.470. The highest BCUT2D eigenvalue weighted by molar-refractivity contribution is 14.1. The van der Waals surface area contributed by atoms with Crippen LogP contribution in [0.3, 0.4) is 0 Å². The first-order valence-corrected chi connectivity index (χ1v) is 9.03. The van der Waals surface area contributed by atoms with Crippen molar-refractivity contribution < 1.29 is 9.84 Å². The van der Waals surface area contributed by atoms with Gasteiger partial charge in [-0.3, -0.25) is 4.99 Å². The summed E-state index contributed by atoms with van der Waals surface area (Å²) in [5.41, 5.74) is 2.31. The van der Waals surface area contributed by atoms with Gasteiger partial charge in [0.2, 0.25) is 0 Å². The zero-order valence-electron chi connectivity index (χ0n) is 13.4. The van der Waals surface area contributed by atoms with Gasteiger partial charge in [-0.1, -0.05) is 11.6 Å². The average Bonchev–Trinajstić information content (AvgIpc) is 2.60. The van der Waals surface area contributed by atoms with Crippen molar-refractivity contribution in [2.45, 2.75) is 6.92 Å². The van der Waals surface area contributed by atoms with Gasteiger partial charge in [-0.2, -0.15) is 0 Å². The molecule has 5 heteroatoms. The number of aliphatic imine (C=N–C) groups is 1. The monoisotopic (exact) mass is 463 g/mol. The number of hydrogen-bond donors (Lipinski definition) is 1. The number of aromatic hydroxyl groups is 1. The van der Waals surface area contributed by atoms with Gasteiger partial charge in [0.05, 0.1) is 5.69 Å². The third-order valence-corrected chi connectivity index (χ3v) is 4.41. The van der Waals surface area contributed by atoms with Crippen molar-refractivity contribution in [2.75, 3.05) is 0 Å². The molecule has 0 fully saturated rings. The molecule has 126 valence electrons. The first kappa shape index (κ1) is 17.8. The highest BCUT2D eigenvalue weighted by Crippen LogP contribution is 2.26. The number of hydrogen-bond acceptors (Lipinski definition) is 3. The zero-order chi connectivity index (χ0) is 17.8. The Morgan fingerprint density at radius 2 is 1.60 bits per heavy atom. The van der Waals surface area contributed by atoms with Gasteiger partial charge in [-0.05, 0) is 95.7 Å². The fourth-order valence-electron chi connectivity index (χ4n) is 2.24. The van der Waals surface area contributed by atoms with Crippen molar-refractivity contribution in [3.05, 3.63) is 80.4 Å². The maximum atomic E-state index is 10.1. The molecule has 0 spiro atoms. The fourth-order valence-corrected chi connectivity index (χ4v) is 3.17. The summed E-state index contributed by atoms with van der Waals surface area (Å²) < 4.78 is 6.81. The minimum absolute atomic E-state index is 0.256. The van der Waals surface area contributed by atoms with Crippen molar-refractivity contribution in [2.24, 2.45) is 4.99 Å². The summed E-state index contributed by atoms with van der Waals surface area (Å²) in [6.45, 7) is 1.87. The van der Waals surface area contributed by atoms with Crippen molar-refractivity contribution >= 4 is 46.1 Å². The van der Waals surface area contributed by atoms with E-state index in [9.17, 15) is 5.11 Å². The van der Waals surface area contributed by atoms with E-state index in [1.54, 1.807) is 18.3 Å². The van der Waals surface area contributed by atoms with Crippen LogP contribution >= 0.6 is 34.2 Å². The smallest absolute Gasteiger partial charge is 0.127 e. The second-order valence-electron chi connectivity index (χ2n) is 5.47. The van der Waals surface area contributed by atoms with Crippen LogP contribution in [0.1, 0.15) is 11.1 Å². The molecule has 0 amide bonds. The SMILES string of the molecule is Cc1cc(I)cc(C=Nc2ccc(Oc3ccc(Cl)cc3)cc2)c1O. The average molecular weight is 464 g/mol. The third kappa shape index (κ3) is 4.74. The molecule has 0 aliphatic rings. The van der Waals surface area contributed by atoms with Gasteiger partial charge in [0, 0.05) is 20.4 Å². The first-order chi connectivity index (χ1) is 12.0. The standard InChI is InChI=1S/C20H15ClINO2/c1-13-10-16(22)11-14(20(13)24)12-23-17-4-8-19(9-5-17)25-18-6-2-15(21)3-7-18/h2-12,24H,1H3. The second-order valence-corrected chi connectivity index (χ2v) is 7.15. The van der Waals surface area contributed by atoms with E-state index in [0.29, 0.717) is 16.3 Å². The van der Waals surface area contributed by atoms with E-state index in [-0.39, 0.29) is 5.75 Å². The summed E-state index contributed by atoms with van der Waals surface area (Å²) in [5.74, 6) is 1.70. The molecule has 0 heterocycles. The molecule has 0 aliphatic heterocycles. The van der Waals surface area contributed by atoms with Gasteiger partial charge in [0.1, 0.15) is 17.2 Å². The molecule has 0 bridgehead atoms. The van der Waals surface area contributed by atoms with Crippen LogP contribution in [0, 0.1) is 10.5 Å². The lowest BCUT2D eigenvalue weighted by Crippen LogP contribution is -1.88. The molecular weight excluding hydrogens is 449 g/mol. The van der Waals surface area contributed by atoms with Crippen LogP contribution < -0.4 is 4.74 Å². The van der Waals surface area contributed by atoms with Crippen LogP contribution in [0.25, 0.3) is 0 Å². The molecule has 1 N–H and O–H groups in total. The fraction of sp³-hybridized carbons (Fsp3) is 0.0500. The highest BCUT2D eigenvalue weighted by Gasteiger charge is 2.04. The van der Waals surface area contributed by atoms with Gasteiger partial charge in [-0.15, -0.1) is 0 Å². The summed E-state index contributed by atoms with van der Waals surface area (Å²) >= 11 is 8.08. The van der Waals surface area contributed by atoms with E-state index < -0.39 is 0 Å². The molecule has 3 rings (SSSR count). The maximum absolute atomic E-state index is 10.1. The van der Waals surface area contributed by atoms with Crippen LogP contribution in [0.4, 0.5) is 5.69 Å². The summed E-state index contributed by atoms with van der Waals surface area (Å²) in [6, 6.07) is 18.4. The topological polar surface area (TPSA) is 41.8 Å². The van der Waals surface area contributed by atoms with Gasteiger partial charge in [0.15, 0.2) is 0 Å². The Balaban J connectivity index is 1.73. The van der Waals surface area contributed by atoms with E-state index in [0.717, 1.165) is 20.6 Å². The molecule has 0 unspecified atom stereocenters. The Hall–Kier alpha value is -2.05. The Bertz CT molecular complexity index is 906. The molecular formula is C20H15ClINO2. The van der Waals surface area contributed by atoms with Crippen molar-refractivity contribution in [3.8, 4) is 17.2 Å². The number of rotatable bonds is 4. The molecule has 3 aromatic carbocycles. The Kier molecular flexibility index (Phi) is 5.60. The second kappa shape index (κ2) is 7.89. The normalized spacial score (nSPS) is 11.0. The van der Waals surface area contributed by atoms with E-state index in [4.69, 9.17) is 16.3 Å². The number of benzene rings is 3. The van der Waals surface area contributed by atoms with Crippen LogP contribution in [0.15, 0.2) is 65.7 Å². The Labute approximate surface area is 165 Å². The molecule has 0 saturated heterocycles. The number of ether oxygens (including phenoxy) is 1. The summed E-state index contributed by atoms with van der Waals surface area (Å²) in [4.78, 5) is 4.42. The molecule has 3 aromatic rings. The molecule has 0 saturated carbocycles. The van der Waals surface area contributed by atoms with E-state index in [2.05, 4.69) is 27.6 Å². The summed E-state index contributed by atoms with van der Waals surface area (Å²) in [7, 11) is 0. The molecule has 0 aromatic heterocycles. The maximum Gasteiger partial charge on any atom is 0.127 e. The largest absolute Gasteiger partial charge is 0.507 e. The minimum Gasteiger partial charge on any atom is -0.507 e. The predicted octanol–water partition coefficient (Wildman–Crippen LogP) is 6.50. The van der Waals surface area contributed by atoms with E-state index in [1.165, 1.54) is 0 Å². The predicted molar refractivity (Wildman–Crippen MR) is 111 cm³/mol. The van der Waals surface area contributed by atoms with E-state index >= 15 is 0 Å². The van der Waals surface area contributed by atoms with Gasteiger partial charge >= 0.3 is 0 Å². The van der Waals surface area contributed by atoms with Crippen LogP contribution in [0.5, 0.6) is 17.2 Å². The highest BCUT2D eigenvalue weighted by atomic mass is 127. The lowest BCUT2D eigenvalue weighted by Gasteiger charge is -2.06. The van der Waals surface area contributed by atoms with Gasteiger partial charge in [-0.25, -0.2) is 0 Å². The molecule has 0 atom stereocenters. The number of phenols is 1. The Morgan fingerprint density at radius 3 is 2.24 bits per heavy atom. The quantitative estimate of drug-likeness (QED) is 0.354. The van der Waals surface area contributed by atoms with Gasteiger partial charge in [0.25, 0.3) is 0 Å². The van der Waals surface area contributed by atoms with Crippen molar-refractivity contribution in [1.82, 2.24) is 0 Å². The van der Waals surface area contributed by atoms with Crippen molar-refractivity contribution in [3.63, 3.8) is 0 Å². The first-order valence-electron chi connectivity index (χ1n) is 7.58. The van der Waals surface area contributed by atoms with Gasteiger partial charge < -0.3 is 9.84 Å². The molecule has 0 aliphatic carbocycles. The Morgan fingerprint density at radius 1 is 1.00 bits per heavy atom. The molecule has 3 nitrogen and oxygen atoms in total. The van der Waals surface area contributed by atoms with E-state index in [1.807, 2.05) is 55.5 Å². The summed E-state index contributed by atoms with van der Waals surface area (Å²) in [6.07, 6.45) is 1.67. The number of phenolic OH excluding ortho intramolecular Hbond substituents is 1. The van der Waals surface area contributed by atoms with Crippen LogP contribution in [-0.2, 0) is 0 Å². The number of nitrogens with zero attached hydrogens (tertiary/aromatic N) is 1. The van der Waals surface area contributed by atoms with Crippen LogP contribution in [0.2, 0.25) is 5.02 Å². The lowest BCUT2D eigenvalue weighted by atomic mass is 10.1. The number of halogens is 2. The molecule has 0 radical (unpaired) electrons. The summed E-state index contributed by atoms with van der Waals surface area (Å²) in [5, 5.41) is 10.8. The zero-order valence-corrected chi connectivity index (χ0v) is 16.3.